The first-order valence-electron chi connectivity index (χ1n) is 8.08. The van der Waals surface area contributed by atoms with Gasteiger partial charge < -0.3 is 5.32 Å². The van der Waals surface area contributed by atoms with Crippen LogP contribution in [0, 0.1) is 0 Å². The van der Waals surface area contributed by atoms with Crippen LogP contribution in [0.5, 0.6) is 0 Å². The number of halogens is 2. The van der Waals surface area contributed by atoms with Gasteiger partial charge in [0.1, 0.15) is 0 Å². The summed E-state index contributed by atoms with van der Waals surface area (Å²) in [6, 6.07) is 10.4. The topological polar surface area (TPSA) is 87.3 Å². The lowest BCUT2D eigenvalue weighted by Gasteiger charge is -2.20. The maximum absolute atomic E-state index is 12.3. The molecule has 0 heterocycles. The van der Waals surface area contributed by atoms with Gasteiger partial charge in [-0.3, -0.25) is 10.1 Å². The van der Waals surface area contributed by atoms with Crippen molar-refractivity contribution in [2.75, 3.05) is 5.32 Å². The molecule has 0 aliphatic carbocycles. The van der Waals surface area contributed by atoms with Gasteiger partial charge in [-0.1, -0.05) is 23.2 Å². The van der Waals surface area contributed by atoms with Crippen molar-refractivity contribution in [3.8, 4) is 0 Å². The molecule has 150 valence electrons. The summed E-state index contributed by atoms with van der Waals surface area (Å²) in [5.41, 5.74) is 0.186. The van der Waals surface area contributed by atoms with Crippen LogP contribution in [0.1, 0.15) is 31.1 Å². The molecule has 0 aliphatic rings. The predicted molar refractivity (Wildman–Crippen MR) is 117 cm³/mol. The zero-order chi connectivity index (χ0) is 21.1. The lowest BCUT2D eigenvalue weighted by molar-refractivity contribution is 0.0977. The molecule has 2 aromatic carbocycles. The van der Waals surface area contributed by atoms with E-state index in [1.54, 1.807) is 32.9 Å². The number of carbonyl (C=O) groups excluding carboxylic acids is 1. The number of carbonyl (C=O) groups is 1. The summed E-state index contributed by atoms with van der Waals surface area (Å²) in [7, 11) is -3.63. The highest BCUT2D eigenvalue weighted by molar-refractivity contribution is 7.89. The number of anilines is 1. The van der Waals surface area contributed by atoms with E-state index in [1.807, 2.05) is 0 Å². The van der Waals surface area contributed by atoms with Gasteiger partial charge >= 0.3 is 0 Å². The third kappa shape index (κ3) is 6.72. The van der Waals surface area contributed by atoms with Gasteiger partial charge in [0.05, 0.1) is 4.90 Å². The Morgan fingerprint density at radius 3 is 2.04 bits per heavy atom. The molecule has 0 unspecified atom stereocenters. The average Bonchev–Trinajstić information content (AvgIpc) is 2.52. The number of hydrogen-bond donors (Lipinski definition) is 3. The first-order chi connectivity index (χ1) is 12.9. The monoisotopic (exact) mass is 459 g/mol. The van der Waals surface area contributed by atoms with Gasteiger partial charge in [0.2, 0.25) is 10.0 Å². The standard InChI is InChI=1S/C18H19Cl2N3O3S2/c1-18(2,3)23-28(25,26)15-6-4-14(5-7-15)21-17(27)22-16(24)11-8-12(19)10-13(20)9-11/h4-10,23H,1-3H3,(H2,21,22,24,27). The maximum atomic E-state index is 12.3. The van der Waals surface area contributed by atoms with Gasteiger partial charge in [-0.15, -0.1) is 0 Å². The molecule has 2 aromatic rings. The predicted octanol–water partition coefficient (Wildman–Crippen LogP) is 4.20. The number of hydrogen-bond acceptors (Lipinski definition) is 4. The Bertz CT molecular complexity index is 981. The minimum Gasteiger partial charge on any atom is -0.332 e. The molecule has 2 rings (SSSR count). The van der Waals surface area contributed by atoms with E-state index in [9.17, 15) is 13.2 Å². The Labute approximate surface area is 179 Å². The minimum atomic E-state index is -3.63. The van der Waals surface area contributed by atoms with Crippen LogP contribution >= 0.6 is 35.4 Å². The molecule has 6 nitrogen and oxygen atoms in total. The van der Waals surface area contributed by atoms with E-state index in [0.717, 1.165) is 0 Å². The van der Waals surface area contributed by atoms with Gasteiger partial charge in [-0.2, -0.15) is 0 Å². The van der Waals surface area contributed by atoms with Crippen LogP contribution in [-0.2, 0) is 10.0 Å². The zero-order valence-corrected chi connectivity index (χ0v) is 18.5. The van der Waals surface area contributed by atoms with E-state index >= 15 is 0 Å². The zero-order valence-electron chi connectivity index (χ0n) is 15.3. The Kier molecular flexibility index (Phi) is 7.06. The number of thiocarbonyl (C=S) groups is 1. The minimum absolute atomic E-state index is 0.0459. The van der Waals surface area contributed by atoms with Gasteiger partial charge in [-0.25, -0.2) is 13.1 Å². The SMILES string of the molecule is CC(C)(C)NS(=O)(=O)c1ccc(NC(=S)NC(=O)c2cc(Cl)cc(Cl)c2)cc1. The summed E-state index contributed by atoms with van der Waals surface area (Å²) in [5.74, 6) is -0.476. The quantitative estimate of drug-likeness (QED) is 0.596. The smallest absolute Gasteiger partial charge is 0.257 e. The van der Waals surface area contributed by atoms with Crippen molar-refractivity contribution < 1.29 is 13.2 Å². The molecule has 0 aliphatic heterocycles. The Hall–Kier alpha value is -1.71. The average molecular weight is 460 g/mol. The summed E-state index contributed by atoms with van der Waals surface area (Å²) in [4.78, 5) is 12.3. The molecule has 0 bridgehead atoms. The first-order valence-corrected chi connectivity index (χ1v) is 10.7. The van der Waals surface area contributed by atoms with E-state index < -0.39 is 21.5 Å². The highest BCUT2D eigenvalue weighted by Gasteiger charge is 2.21. The molecular weight excluding hydrogens is 441 g/mol. The first kappa shape index (κ1) is 22.6. The van der Waals surface area contributed by atoms with Crippen LogP contribution in [0.25, 0.3) is 0 Å². The number of benzene rings is 2. The molecule has 0 spiro atoms. The van der Waals surface area contributed by atoms with Crippen molar-refractivity contribution in [1.82, 2.24) is 10.0 Å². The lowest BCUT2D eigenvalue weighted by atomic mass is 10.1. The Balaban J connectivity index is 2.04. The molecule has 0 aromatic heterocycles. The highest BCUT2D eigenvalue weighted by atomic mass is 35.5. The van der Waals surface area contributed by atoms with Crippen LogP contribution in [0.15, 0.2) is 47.4 Å². The molecule has 0 saturated carbocycles. The van der Waals surface area contributed by atoms with E-state index in [0.29, 0.717) is 15.7 Å². The van der Waals surface area contributed by atoms with Crippen molar-refractivity contribution in [1.29, 1.82) is 0 Å². The van der Waals surface area contributed by atoms with Gasteiger partial charge in [0.25, 0.3) is 5.91 Å². The van der Waals surface area contributed by atoms with Crippen molar-refractivity contribution in [3.63, 3.8) is 0 Å². The number of rotatable bonds is 4. The third-order valence-corrected chi connectivity index (χ3v) is 5.63. The second-order valence-electron chi connectivity index (χ2n) is 6.95. The largest absolute Gasteiger partial charge is 0.332 e. The molecule has 28 heavy (non-hydrogen) atoms. The van der Waals surface area contributed by atoms with Crippen LogP contribution in [-0.4, -0.2) is 25.0 Å². The van der Waals surface area contributed by atoms with Crippen LogP contribution in [0.3, 0.4) is 0 Å². The molecule has 3 N–H and O–H groups in total. The van der Waals surface area contributed by atoms with Crippen molar-refractivity contribution in [2.45, 2.75) is 31.2 Å². The molecule has 10 heteroatoms. The number of sulfonamides is 1. The molecule has 0 radical (unpaired) electrons. The lowest BCUT2D eigenvalue weighted by Crippen LogP contribution is -2.40. The van der Waals surface area contributed by atoms with Gasteiger partial charge in [-0.05, 0) is 75.5 Å². The molecule has 0 atom stereocenters. The normalized spacial score (nSPS) is 11.8. The second-order valence-corrected chi connectivity index (χ2v) is 9.91. The van der Waals surface area contributed by atoms with E-state index in [-0.39, 0.29) is 15.6 Å². The Morgan fingerprint density at radius 2 is 1.54 bits per heavy atom. The van der Waals surface area contributed by atoms with Crippen LogP contribution in [0.4, 0.5) is 5.69 Å². The van der Waals surface area contributed by atoms with Crippen molar-refractivity contribution in [2.24, 2.45) is 0 Å². The van der Waals surface area contributed by atoms with Crippen molar-refractivity contribution in [3.05, 3.63) is 58.1 Å². The second kappa shape index (κ2) is 8.75. The number of amides is 1. The summed E-state index contributed by atoms with van der Waals surface area (Å²) < 4.78 is 27.2. The summed E-state index contributed by atoms with van der Waals surface area (Å²) in [5, 5.41) is 6.03. The van der Waals surface area contributed by atoms with E-state index in [1.165, 1.54) is 30.3 Å². The van der Waals surface area contributed by atoms with Crippen LogP contribution in [0.2, 0.25) is 10.0 Å². The summed E-state index contributed by atoms with van der Waals surface area (Å²) in [6.07, 6.45) is 0. The molecule has 0 saturated heterocycles. The molecule has 1 amide bonds. The third-order valence-electron chi connectivity index (χ3n) is 3.21. The fourth-order valence-electron chi connectivity index (χ4n) is 2.20. The Morgan fingerprint density at radius 1 is 1.00 bits per heavy atom. The van der Waals surface area contributed by atoms with Gasteiger partial charge in [0.15, 0.2) is 5.11 Å². The van der Waals surface area contributed by atoms with E-state index in [4.69, 9.17) is 35.4 Å². The summed E-state index contributed by atoms with van der Waals surface area (Å²) in [6.45, 7) is 5.28. The molecule has 0 fully saturated rings. The maximum Gasteiger partial charge on any atom is 0.257 e. The number of nitrogens with one attached hydrogen (secondary N) is 3. The van der Waals surface area contributed by atoms with E-state index in [2.05, 4.69) is 15.4 Å². The summed E-state index contributed by atoms with van der Waals surface area (Å²) >= 11 is 16.9. The molecular formula is C18H19Cl2N3O3S2. The van der Waals surface area contributed by atoms with Gasteiger partial charge in [0, 0.05) is 26.8 Å². The van der Waals surface area contributed by atoms with Crippen LogP contribution < -0.4 is 15.4 Å². The van der Waals surface area contributed by atoms with Crippen molar-refractivity contribution >= 4 is 62.2 Å². The fourth-order valence-corrected chi connectivity index (χ4v) is 4.36. The fraction of sp³-hybridized carbons (Fsp3) is 0.222. The highest BCUT2D eigenvalue weighted by Crippen LogP contribution is 2.19.